The molecule has 2 aliphatic rings. The van der Waals surface area contributed by atoms with Crippen LogP contribution in [-0.4, -0.2) is 72.9 Å². The summed E-state index contributed by atoms with van der Waals surface area (Å²) in [5.74, 6) is 1.11. The Balaban J connectivity index is 1.50. The van der Waals surface area contributed by atoms with Crippen LogP contribution in [0.1, 0.15) is 76.2 Å². The van der Waals surface area contributed by atoms with Crippen LogP contribution in [0, 0.1) is 5.41 Å². The second kappa shape index (κ2) is 13.1. The van der Waals surface area contributed by atoms with Gasteiger partial charge in [-0.15, -0.1) is 0 Å². The van der Waals surface area contributed by atoms with Gasteiger partial charge in [0.1, 0.15) is 12.2 Å². The maximum Gasteiger partial charge on any atom is 0.410 e. The number of nitrogens with zero attached hydrogens (tertiary/aromatic N) is 2. The highest BCUT2D eigenvalue weighted by Crippen LogP contribution is 2.56. The summed E-state index contributed by atoms with van der Waals surface area (Å²) >= 11 is 0. The lowest BCUT2D eigenvalue weighted by Gasteiger charge is -2.37. The first-order valence-electron chi connectivity index (χ1n) is 14.8. The Morgan fingerprint density at radius 2 is 1.80 bits per heavy atom. The Hall–Kier alpha value is -3.26. The molecule has 1 spiro atoms. The van der Waals surface area contributed by atoms with Gasteiger partial charge in [-0.3, -0.25) is 4.79 Å². The van der Waals surface area contributed by atoms with Crippen molar-refractivity contribution in [2.75, 3.05) is 33.4 Å². The molecule has 0 N–H and O–H groups in total. The highest BCUT2D eigenvalue weighted by Gasteiger charge is 2.60. The van der Waals surface area contributed by atoms with Gasteiger partial charge < -0.3 is 28.7 Å². The quantitative estimate of drug-likeness (QED) is 0.296. The predicted octanol–water partition coefficient (Wildman–Crippen LogP) is 6.32. The lowest BCUT2D eigenvalue weighted by molar-refractivity contribution is 0.0122. The van der Waals surface area contributed by atoms with Gasteiger partial charge >= 0.3 is 6.09 Å². The highest BCUT2D eigenvalue weighted by molar-refractivity contribution is 5.95. The number of amides is 2. The molecule has 0 aromatic heterocycles. The van der Waals surface area contributed by atoms with Crippen molar-refractivity contribution in [2.45, 2.75) is 84.6 Å². The monoisotopic (exact) mass is 566 g/mol. The zero-order valence-corrected chi connectivity index (χ0v) is 25.5. The largest absolute Gasteiger partial charge is 0.490 e. The minimum Gasteiger partial charge on any atom is -0.490 e. The summed E-state index contributed by atoms with van der Waals surface area (Å²) in [4.78, 5) is 30.7. The molecule has 4 rings (SSSR count). The topological polar surface area (TPSA) is 77.5 Å². The van der Waals surface area contributed by atoms with E-state index in [1.807, 2.05) is 73.0 Å². The molecule has 2 atom stereocenters. The Morgan fingerprint density at radius 1 is 1.05 bits per heavy atom. The zero-order valence-electron chi connectivity index (χ0n) is 25.5. The molecule has 2 aromatic carbocycles. The molecular weight excluding hydrogens is 520 g/mol. The molecule has 8 heteroatoms. The van der Waals surface area contributed by atoms with Crippen molar-refractivity contribution in [1.82, 2.24) is 9.80 Å². The maximum atomic E-state index is 14.0. The van der Waals surface area contributed by atoms with E-state index in [0.29, 0.717) is 50.0 Å². The van der Waals surface area contributed by atoms with Crippen molar-refractivity contribution in [3.8, 4) is 11.5 Å². The van der Waals surface area contributed by atoms with E-state index in [0.717, 1.165) is 31.2 Å². The van der Waals surface area contributed by atoms with Crippen molar-refractivity contribution in [3.63, 3.8) is 0 Å². The van der Waals surface area contributed by atoms with Crippen LogP contribution < -0.4 is 9.47 Å². The van der Waals surface area contributed by atoms with Crippen molar-refractivity contribution in [2.24, 2.45) is 5.41 Å². The smallest absolute Gasteiger partial charge is 0.410 e. The molecule has 224 valence electrons. The first kappa shape index (κ1) is 30.7. The molecule has 0 bridgehead atoms. The number of methoxy groups -OCH3 is 1. The number of likely N-dealkylation sites (tertiary alicyclic amines) is 1. The minimum absolute atomic E-state index is 0.00357. The summed E-state index contributed by atoms with van der Waals surface area (Å²) in [6.07, 6.45) is 3.24. The van der Waals surface area contributed by atoms with E-state index in [9.17, 15) is 9.59 Å². The van der Waals surface area contributed by atoms with Crippen LogP contribution in [0.4, 0.5) is 4.79 Å². The van der Waals surface area contributed by atoms with Crippen molar-refractivity contribution in [3.05, 3.63) is 59.7 Å². The lowest BCUT2D eigenvalue weighted by atomic mass is 9.93. The first-order valence-corrected chi connectivity index (χ1v) is 14.8. The average molecular weight is 567 g/mol. The molecule has 1 aliphatic carbocycles. The molecule has 2 aromatic rings. The molecule has 1 saturated heterocycles. The summed E-state index contributed by atoms with van der Waals surface area (Å²) in [5.41, 5.74) is 0.989. The van der Waals surface area contributed by atoms with Gasteiger partial charge in [0.25, 0.3) is 5.91 Å². The number of carbonyl (C=O) groups excluding carboxylic acids is 2. The van der Waals surface area contributed by atoms with Crippen molar-refractivity contribution in [1.29, 1.82) is 0 Å². The lowest BCUT2D eigenvalue weighted by Crippen LogP contribution is -2.48. The van der Waals surface area contributed by atoms with E-state index in [1.165, 1.54) is 0 Å². The number of piperidine rings is 1. The average Bonchev–Trinajstić information content (AvgIpc) is 3.60. The van der Waals surface area contributed by atoms with Gasteiger partial charge in [-0.05, 0) is 77.6 Å². The fourth-order valence-electron chi connectivity index (χ4n) is 5.68. The number of carbonyl (C=O) groups is 2. The van der Waals surface area contributed by atoms with E-state index in [1.54, 1.807) is 13.2 Å². The van der Waals surface area contributed by atoms with Crippen LogP contribution >= 0.6 is 0 Å². The molecule has 1 unspecified atom stereocenters. The van der Waals surface area contributed by atoms with Crippen LogP contribution in [-0.2, 0) is 16.1 Å². The highest BCUT2D eigenvalue weighted by atomic mass is 16.6. The van der Waals surface area contributed by atoms with Crippen LogP contribution in [0.3, 0.4) is 0 Å². The summed E-state index contributed by atoms with van der Waals surface area (Å²) < 4.78 is 23.0. The van der Waals surface area contributed by atoms with Crippen LogP contribution in [0.25, 0.3) is 0 Å². The third kappa shape index (κ3) is 7.94. The Morgan fingerprint density at radius 3 is 2.49 bits per heavy atom. The van der Waals surface area contributed by atoms with Crippen molar-refractivity contribution < 1.29 is 28.5 Å². The van der Waals surface area contributed by atoms with Gasteiger partial charge in [-0.25, -0.2) is 4.79 Å². The number of hydrogen-bond donors (Lipinski definition) is 0. The van der Waals surface area contributed by atoms with Gasteiger partial charge in [0.2, 0.25) is 0 Å². The maximum absolute atomic E-state index is 14.0. The fraction of sp³-hybridized carbons (Fsp3) is 0.576. The normalized spacial score (nSPS) is 20.2. The summed E-state index contributed by atoms with van der Waals surface area (Å²) in [6, 6.07) is 15.5. The Labute approximate surface area is 244 Å². The molecule has 1 heterocycles. The summed E-state index contributed by atoms with van der Waals surface area (Å²) in [7, 11) is 1.66. The van der Waals surface area contributed by atoms with Crippen molar-refractivity contribution >= 4 is 12.0 Å². The number of rotatable bonds is 11. The zero-order chi connectivity index (χ0) is 29.6. The van der Waals surface area contributed by atoms with Gasteiger partial charge in [-0.1, -0.05) is 30.3 Å². The second-order valence-electron chi connectivity index (χ2n) is 12.5. The van der Waals surface area contributed by atoms with Gasteiger partial charge in [0.05, 0.1) is 6.61 Å². The van der Waals surface area contributed by atoms with E-state index in [-0.39, 0.29) is 29.5 Å². The Bertz CT molecular complexity index is 1180. The van der Waals surface area contributed by atoms with E-state index in [4.69, 9.17) is 18.9 Å². The third-order valence-electron chi connectivity index (χ3n) is 7.71. The first-order chi connectivity index (χ1) is 19.5. The van der Waals surface area contributed by atoms with Crippen LogP contribution in [0.2, 0.25) is 0 Å². The second-order valence-corrected chi connectivity index (χ2v) is 12.5. The summed E-state index contributed by atoms with van der Waals surface area (Å²) in [5, 5.41) is 0. The molecule has 2 fully saturated rings. The molecular formula is C33H46N2O6. The molecule has 1 aliphatic heterocycles. The number of ether oxygens (including phenoxy) is 4. The van der Waals surface area contributed by atoms with Crippen LogP contribution in [0.15, 0.2) is 48.5 Å². The molecule has 2 amide bonds. The fourth-order valence-corrected chi connectivity index (χ4v) is 5.68. The molecule has 1 saturated carbocycles. The Kier molecular flexibility index (Phi) is 9.84. The van der Waals surface area contributed by atoms with E-state index >= 15 is 0 Å². The van der Waals surface area contributed by atoms with Crippen LogP contribution in [0.5, 0.6) is 11.5 Å². The standard InChI is InChI=1S/C33H46N2O6/c1-24(2)35(29-21-33(29)16-10-17-34(23-33)31(37)41-32(3,4)5)30(36)26-14-15-27(28(20-26)39-19-11-18-38-6)40-22-25-12-8-7-9-13-25/h7-9,12-15,20,24,29H,10-11,16-19,21-23H2,1-6H3/t29-,33?/m0/s1. The molecule has 0 radical (unpaired) electrons. The minimum atomic E-state index is -0.537. The third-order valence-corrected chi connectivity index (χ3v) is 7.71. The number of hydrogen-bond acceptors (Lipinski definition) is 6. The van der Waals surface area contributed by atoms with Gasteiger partial charge in [-0.2, -0.15) is 0 Å². The molecule has 41 heavy (non-hydrogen) atoms. The number of benzene rings is 2. The molecule has 8 nitrogen and oxygen atoms in total. The summed E-state index contributed by atoms with van der Waals surface area (Å²) in [6.45, 7) is 12.5. The van der Waals surface area contributed by atoms with E-state index in [2.05, 4.69) is 13.8 Å². The van der Waals surface area contributed by atoms with E-state index < -0.39 is 5.60 Å². The predicted molar refractivity (Wildman–Crippen MR) is 158 cm³/mol. The van der Waals surface area contributed by atoms with Gasteiger partial charge in [0.15, 0.2) is 11.5 Å². The SMILES string of the molecule is COCCCOc1cc(C(=O)N(C(C)C)[C@H]2CC23CCCN(C(=O)OC(C)(C)C)C3)ccc1OCc1ccccc1. The van der Waals surface area contributed by atoms with Gasteiger partial charge in [0, 0.05) is 56.3 Å².